The molecule has 1 atom stereocenters. The van der Waals surface area contributed by atoms with Crippen molar-refractivity contribution >= 4 is 46.6 Å². The molecule has 1 unspecified atom stereocenters. The lowest BCUT2D eigenvalue weighted by molar-refractivity contribution is -0.115. The number of carbonyl (C=O) groups excluding carboxylic acids is 2. The van der Waals surface area contributed by atoms with Crippen molar-refractivity contribution in [3.8, 4) is 11.5 Å². The third-order valence-electron chi connectivity index (χ3n) is 4.57. The number of carbonyl (C=O) groups is 2. The van der Waals surface area contributed by atoms with Crippen molar-refractivity contribution in [2.45, 2.75) is 17.1 Å². The van der Waals surface area contributed by atoms with Gasteiger partial charge in [-0.3, -0.25) is 9.59 Å². The first-order chi connectivity index (χ1) is 15.4. The second-order valence-electron chi connectivity index (χ2n) is 6.81. The number of amides is 2. The quantitative estimate of drug-likeness (QED) is 0.411. The van der Waals surface area contributed by atoms with Crippen LogP contribution in [0.25, 0.3) is 0 Å². The van der Waals surface area contributed by atoms with Gasteiger partial charge in [-0.15, -0.1) is 11.8 Å². The number of hydrogen-bond acceptors (Lipinski definition) is 5. The zero-order valence-electron chi connectivity index (χ0n) is 17.8. The van der Waals surface area contributed by atoms with Crippen molar-refractivity contribution in [2.75, 3.05) is 24.9 Å². The number of methoxy groups -OCH3 is 2. The first kappa shape index (κ1) is 23.5. The summed E-state index contributed by atoms with van der Waals surface area (Å²) in [4.78, 5) is 25.8. The smallest absolute Gasteiger partial charge is 0.255 e. The number of ether oxygens (including phenoxy) is 2. The van der Waals surface area contributed by atoms with E-state index in [0.717, 1.165) is 4.90 Å². The van der Waals surface area contributed by atoms with Crippen molar-refractivity contribution in [1.82, 2.24) is 0 Å². The van der Waals surface area contributed by atoms with Gasteiger partial charge in [0.2, 0.25) is 5.91 Å². The Kier molecular flexibility index (Phi) is 8.03. The second kappa shape index (κ2) is 10.9. The van der Waals surface area contributed by atoms with Crippen molar-refractivity contribution < 1.29 is 19.1 Å². The molecule has 0 bridgehead atoms. The molecule has 0 aromatic heterocycles. The van der Waals surface area contributed by atoms with E-state index in [-0.39, 0.29) is 17.1 Å². The minimum absolute atomic E-state index is 0.145. The maximum atomic E-state index is 12.5. The molecule has 0 aliphatic heterocycles. The number of rotatable bonds is 8. The van der Waals surface area contributed by atoms with Crippen LogP contribution < -0.4 is 20.1 Å². The van der Waals surface area contributed by atoms with E-state index >= 15 is 0 Å². The largest absolute Gasteiger partial charge is 0.497 e. The zero-order valence-corrected chi connectivity index (χ0v) is 19.4. The van der Waals surface area contributed by atoms with Crippen molar-refractivity contribution in [2.24, 2.45) is 0 Å². The molecule has 166 valence electrons. The Hall–Kier alpha value is -3.16. The predicted octanol–water partition coefficient (Wildman–Crippen LogP) is 5.73. The Morgan fingerprint density at radius 1 is 0.875 bits per heavy atom. The highest BCUT2D eigenvalue weighted by Crippen LogP contribution is 2.29. The maximum absolute atomic E-state index is 12.5. The average Bonchev–Trinajstić information content (AvgIpc) is 2.80. The van der Waals surface area contributed by atoms with Crippen LogP contribution in [-0.2, 0) is 4.79 Å². The van der Waals surface area contributed by atoms with E-state index in [1.54, 1.807) is 61.7 Å². The highest BCUT2D eigenvalue weighted by atomic mass is 35.5. The van der Waals surface area contributed by atoms with E-state index < -0.39 is 0 Å². The molecule has 2 N–H and O–H groups in total. The van der Waals surface area contributed by atoms with Crippen LogP contribution in [0.5, 0.6) is 11.5 Å². The standard InChI is InChI=1S/C24H23ClN2O4S/c1-15(23(28)27-18-8-13-22(31-3)21(25)14-18)32-20-11-6-17(7-12-20)26-24(29)16-4-9-19(30-2)10-5-16/h4-15H,1-3H3,(H,26,29)(H,27,28). The van der Waals surface area contributed by atoms with Gasteiger partial charge >= 0.3 is 0 Å². The Balaban J connectivity index is 1.55. The number of benzene rings is 3. The monoisotopic (exact) mass is 470 g/mol. The van der Waals surface area contributed by atoms with E-state index in [1.807, 2.05) is 19.1 Å². The maximum Gasteiger partial charge on any atom is 0.255 e. The molecule has 0 radical (unpaired) electrons. The minimum atomic E-state index is -0.337. The van der Waals surface area contributed by atoms with Crippen LogP contribution in [-0.4, -0.2) is 31.3 Å². The number of nitrogens with one attached hydrogen (secondary N) is 2. The highest BCUT2D eigenvalue weighted by Gasteiger charge is 2.15. The van der Waals surface area contributed by atoms with Gasteiger partial charge in [-0.2, -0.15) is 0 Å². The summed E-state index contributed by atoms with van der Waals surface area (Å²) in [5, 5.41) is 5.80. The summed E-state index contributed by atoms with van der Waals surface area (Å²) in [5.74, 6) is 0.884. The summed E-state index contributed by atoms with van der Waals surface area (Å²) in [6, 6.07) is 19.3. The van der Waals surface area contributed by atoms with E-state index in [4.69, 9.17) is 21.1 Å². The second-order valence-corrected chi connectivity index (χ2v) is 8.63. The van der Waals surface area contributed by atoms with Gasteiger partial charge in [0.25, 0.3) is 5.91 Å². The van der Waals surface area contributed by atoms with Crippen LogP contribution in [0, 0.1) is 0 Å². The van der Waals surface area contributed by atoms with Crippen LogP contribution in [0.15, 0.2) is 71.6 Å². The molecular weight excluding hydrogens is 448 g/mol. The summed E-state index contributed by atoms with van der Waals surface area (Å²) in [7, 11) is 3.11. The Morgan fingerprint density at radius 2 is 1.53 bits per heavy atom. The van der Waals surface area contributed by atoms with Gasteiger partial charge in [-0.25, -0.2) is 0 Å². The van der Waals surface area contributed by atoms with Gasteiger partial charge in [0, 0.05) is 21.8 Å². The van der Waals surface area contributed by atoms with Crippen molar-refractivity contribution in [1.29, 1.82) is 0 Å². The summed E-state index contributed by atoms with van der Waals surface area (Å²) < 4.78 is 10.2. The molecule has 3 aromatic rings. The molecular formula is C24H23ClN2O4S. The SMILES string of the molecule is COc1ccc(C(=O)Nc2ccc(SC(C)C(=O)Nc3ccc(OC)c(Cl)c3)cc2)cc1. The van der Waals surface area contributed by atoms with Crippen LogP contribution in [0.3, 0.4) is 0 Å². The van der Waals surface area contributed by atoms with Gasteiger partial charge in [-0.1, -0.05) is 11.6 Å². The first-order valence-corrected chi connectivity index (χ1v) is 11.0. The molecule has 3 rings (SSSR count). The Morgan fingerprint density at radius 3 is 2.12 bits per heavy atom. The average molecular weight is 471 g/mol. The fraction of sp³-hybridized carbons (Fsp3) is 0.167. The number of anilines is 2. The van der Waals surface area contributed by atoms with E-state index in [2.05, 4.69) is 10.6 Å². The van der Waals surface area contributed by atoms with Crippen LogP contribution in [0.2, 0.25) is 5.02 Å². The summed E-state index contributed by atoms with van der Waals surface area (Å²) in [5.41, 5.74) is 1.80. The molecule has 0 fully saturated rings. The molecule has 0 aliphatic carbocycles. The van der Waals surface area contributed by atoms with Gasteiger partial charge in [0.05, 0.1) is 24.5 Å². The molecule has 0 aliphatic rings. The first-order valence-electron chi connectivity index (χ1n) is 9.76. The minimum Gasteiger partial charge on any atom is -0.497 e. The zero-order chi connectivity index (χ0) is 23.1. The summed E-state index contributed by atoms with van der Waals surface area (Å²) >= 11 is 7.52. The van der Waals surface area contributed by atoms with Gasteiger partial charge < -0.3 is 20.1 Å². The fourth-order valence-corrected chi connectivity index (χ4v) is 3.93. The lowest BCUT2D eigenvalue weighted by Crippen LogP contribution is -2.22. The molecule has 8 heteroatoms. The van der Waals surface area contributed by atoms with E-state index in [0.29, 0.717) is 33.5 Å². The molecule has 2 amide bonds. The summed E-state index contributed by atoms with van der Waals surface area (Å²) in [6.07, 6.45) is 0. The Bertz CT molecular complexity index is 1090. The Labute approximate surface area is 196 Å². The lowest BCUT2D eigenvalue weighted by atomic mass is 10.2. The number of thioether (sulfide) groups is 1. The van der Waals surface area contributed by atoms with Crippen LogP contribution >= 0.6 is 23.4 Å². The van der Waals surface area contributed by atoms with Gasteiger partial charge in [0.15, 0.2) is 0 Å². The molecule has 3 aromatic carbocycles. The van der Waals surface area contributed by atoms with E-state index in [9.17, 15) is 9.59 Å². The predicted molar refractivity (Wildman–Crippen MR) is 129 cm³/mol. The molecule has 0 spiro atoms. The normalized spacial score (nSPS) is 11.4. The number of hydrogen-bond donors (Lipinski definition) is 2. The third-order valence-corrected chi connectivity index (χ3v) is 5.97. The lowest BCUT2D eigenvalue weighted by Gasteiger charge is -2.13. The van der Waals surface area contributed by atoms with Crippen molar-refractivity contribution in [3.63, 3.8) is 0 Å². The number of halogens is 1. The molecule has 0 saturated carbocycles. The highest BCUT2D eigenvalue weighted by molar-refractivity contribution is 8.00. The van der Waals surface area contributed by atoms with Gasteiger partial charge in [0.1, 0.15) is 11.5 Å². The van der Waals surface area contributed by atoms with Crippen LogP contribution in [0.1, 0.15) is 17.3 Å². The molecule has 0 saturated heterocycles. The fourth-order valence-electron chi connectivity index (χ4n) is 2.81. The summed E-state index contributed by atoms with van der Waals surface area (Å²) in [6.45, 7) is 1.82. The van der Waals surface area contributed by atoms with E-state index in [1.165, 1.54) is 18.9 Å². The van der Waals surface area contributed by atoms with Gasteiger partial charge in [-0.05, 0) is 73.7 Å². The molecule has 0 heterocycles. The molecule has 6 nitrogen and oxygen atoms in total. The third kappa shape index (κ3) is 6.18. The topological polar surface area (TPSA) is 76.7 Å². The van der Waals surface area contributed by atoms with Crippen molar-refractivity contribution in [3.05, 3.63) is 77.3 Å². The van der Waals surface area contributed by atoms with Crippen LogP contribution in [0.4, 0.5) is 11.4 Å². The molecule has 32 heavy (non-hydrogen) atoms.